The molecule has 5 nitrogen and oxygen atoms in total. The lowest BCUT2D eigenvalue weighted by Crippen LogP contribution is -2.39. The summed E-state index contributed by atoms with van der Waals surface area (Å²) in [5, 5.41) is 2.84. The summed E-state index contributed by atoms with van der Waals surface area (Å²) in [6, 6.07) is 9.70. The number of carbonyl (C=O) groups is 1. The number of hydrogen-bond acceptors (Lipinski definition) is 3. The Labute approximate surface area is 129 Å². The molecule has 1 aromatic heterocycles. The van der Waals surface area contributed by atoms with Crippen LogP contribution < -0.4 is 11.1 Å². The van der Waals surface area contributed by atoms with Gasteiger partial charge in [0.05, 0.1) is 17.5 Å². The normalized spacial score (nSPS) is 11.9. The minimum atomic E-state index is -0.511. The number of benzene rings is 1. The Bertz CT molecular complexity index is 624. The van der Waals surface area contributed by atoms with Crippen molar-refractivity contribution in [2.75, 3.05) is 0 Å². The number of nitrogens with two attached hydrogens (primary N) is 1. The standard InChI is InChI=1S/C15H18N4OS/c1-19-8-7-17-13(19)10-18-15(20)12(14(16)21)9-11-5-3-2-4-6-11/h2-8,12H,9-10H2,1H3,(H2,16,21)(H,18,20). The first kappa shape index (κ1) is 15.2. The van der Waals surface area contributed by atoms with Gasteiger partial charge in [-0.05, 0) is 12.0 Å². The van der Waals surface area contributed by atoms with Crippen molar-refractivity contribution in [1.82, 2.24) is 14.9 Å². The number of aryl methyl sites for hydroxylation is 1. The van der Waals surface area contributed by atoms with E-state index in [-0.39, 0.29) is 10.9 Å². The van der Waals surface area contributed by atoms with Crippen molar-refractivity contribution in [2.45, 2.75) is 13.0 Å². The molecule has 1 aromatic carbocycles. The van der Waals surface area contributed by atoms with Crippen LogP contribution in [-0.2, 0) is 24.8 Å². The van der Waals surface area contributed by atoms with E-state index in [1.54, 1.807) is 6.20 Å². The van der Waals surface area contributed by atoms with E-state index in [9.17, 15) is 4.79 Å². The fourth-order valence-corrected chi connectivity index (χ4v) is 2.22. The Kier molecular flexibility index (Phi) is 5.05. The molecular formula is C15H18N4OS. The second-order valence-corrected chi connectivity index (χ2v) is 5.29. The molecule has 1 atom stereocenters. The van der Waals surface area contributed by atoms with E-state index in [4.69, 9.17) is 18.0 Å². The Hall–Kier alpha value is -2.21. The number of hydrogen-bond donors (Lipinski definition) is 2. The van der Waals surface area contributed by atoms with E-state index in [1.165, 1.54) is 0 Å². The molecule has 0 bridgehead atoms. The number of rotatable bonds is 6. The Balaban J connectivity index is 1.99. The van der Waals surface area contributed by atoms with Crippen molar-refractivity contribution < 1.29 is 4.79 Å². The molecule has 0 aliphatic heterocycles. The zero-order chi connectivity index (χ0) is 15.2. The van der Waals surface area contributed by atoms with Gasteiger partial charge in [0.15, 0.2) is 0 Å². The third-order valence-corrected chi connectivity index (χ3v) is 3.57. The quantitative estimate of drug-likeness (QED) is 0.786. The van der Waals surface area contributed by atoms with E-state index in [0.29, 0.717) is 13.0 Å². The third-order valence-electron chi connectivity index (χ3n) is 3.28. The van der Waals surface area contributed by atoms with Gasteiger partial charge in [0.25, 0.3) is 0 Å². The molecule has 1 unspecified atom stereocenters. The summed E-state index contributed by atoms with van der Waals surface area (Å²) < 4.78 is 1.85. The first-order chi connectivity index (χ1) is 10.1. The molecule has 0 fully saturated rings. The highest BCUT2D eigenvalue weighted by molar-refractivity contribution is 7.80. The molecule has 0 spiro atoms. The molecular weight excluding hydrogens is 284 g/mol. The summed E-state index contributed by atoms with van der Waals surface area (Å²) >= 11 is 5.03. The van der Waals surface area contributed by atoms with E-state index >= 15 is 0 Å². The average molecular weight is 302 g/mol. The molecule has 0 aliphatic carbocycles. The van der Waals surface area contributed by atoms with Crippen molar-refractivity contribution in [3.63, 3.8) is 0 Å². The average Bonchev–Trinajstić information content (AvgIpc) is 2.88. The summed E-state index contributed by atoms with van der Waals surface area (Å²) in [5.74, 6) is 0.0989. The first-order valence-electron chi connectivity index (χ1n) is 6.65. The van der Waals surface area contributed by atoms with Crippen LogP contribution in [-0.4, -0.2) is 20.4 Å². The van der Waals surface area contributed by atoms with Gasteiger partial charge >= 0.3 is 0 Å². The highest BCUT2D eigenvalue weighted by atomic mass is 32.1. The monoisotopic (exact) mass is 302 g/mol. The summed E-state index contributed by atoms with van der Waals surface area (Å²) in [4.78, 5) is 16.6. The molecule has 0 saturated carbocycles. The number of imidazole rings is 1. The number of thiocarbonyl (C=S) groups is 1. The predicted octanol–water partition coefficient (Wildman–Crippen LogP) is 1.18. The Morgan fingerprint density at radius 2 is 2.14 bits per heavy atom. The van der Waals surface area contributed by atoms with Gasteiger partial charge in [0.2, 0.25) is 5.91 Å². The summed E-state index contributed by atoms with van der Waals surface area (Å²) in [7, 11) is 1.88. The van der Waals surface area contributed by atoms with Crippen LogP contribution in [0.4, 0.5) is 0 Å². The maximum Gasteiger partial charge on any atom is 0.230 e. The maximum atomic E-state index is 12.3. The number of aromatic nitrogens is 2. The van der Waals surface area contributed by atoms with Crippen molar-refractivity contribution in [1.29, 1.82) is 0 Å². The third kappa shape index (κ3) is 4.13. The molecule has 0 saturated heterocycles. The summed E-state index contributed by atoms with van der Waals surface area (Å²) in [6.07, 6.45) is 4.02. The lowest BCUT2D eigenvalue weighted by Gasteiger charge is -2.15. The van der Waals surface area contributed by atoms with Gasteiger partial charge in [-0.3, -0.25) is 4.79 Å². The molecule has 2 rings (SSSR count). The minimum Gasteiger partial charge on any atom is -0.393 e. The zero-order valence-corrected chi connectivity index (χ0v) is 12.6. The SMILES string of the molecule is Cn1ccnc1CNC(=O)C(Cc1ccccc1)C(N)=S. The Morgan fingerprint density at radius 3 is 2.71 bits per heavy atom. The van der Waals surface area contributed by atoms with Crippen LogP contribution in [0.5, 0.6) is 0 Å². The molecule has 0 radical (unpaired) electrons. The molecule has 21 heavy (non-hydrogen) atoms. The highest BCUT2D eigenvalue weighted by Gasteiger charge is 2.21. The Morgan fingerprint density at radius 1 is 1.43 bits per heavy atom. The van der Waals surface area contributed by atoms with Crippen LogP contribution in [0.3, 0.4) is 0 Å². The molecule has 2 aromatic rings. The maximum absolute atomic E-state index is 12.3. The van der Waals surface area contributed by atoms with Crippen molar-refractivity contribution in [3.8, 4) is 0 Å². The lowest BCUT2D eigenvalue weighted by molar-refractivity contribution is -0.123. The second kappa shape index (κ2) is 6.99. The second-order valence-electron chi connectivity index (χ2n) is 4.82. The fraction of sp³-hybridized carbons (Fsp3) is 0.267. The van der Waals surface area contributed by atoms with Crippen molar-refractivity contribution >= 4 is 23.1 Å². The molecule has 0 aliphatic rings. The molecule has 6 heteroatoms. The molecule has 110 valence electrons. The van der Waals surface area contributed by atoms with E-state index < -0.39 is 5.92 Å². The van der Waals surface area contributed by atoms with E-state index in [2.05, 4.69) is 10.3 Å². The fourth-order valence-electron chi connectivity index (χ4n) is 2.03. The van der Waals surface area contributed by atoms with Crippen LogP contribution in [0.25, 0.3) is 0 Å². The van der Waals surface area contributed by atoms with Gasteiger partial charge in [-0.15, -0.1) is 0 Å². The smallest absolute Gasteiger partial charge is 0.230 e. The first-order valence-corrected chi connectivity index (χ1v) is 7.06. The van der Waals surface area contributed by atoms with E-state index in [1.807, 2.05) is 48.1 Å². The van der Waals surface area contributed by atoms with Gasteiger partial charge in [0, 0.05) is 19.4 Å². The number of carbonyl (C=O) groups excluding carboxylic acids is 1. The topological polar surface area (TPSA) is 72.9 Å². The van der Waals surface area contributed by atoms with Crippen LogP contribution >= 0.6 is 12.2 Å². The predicted molar refractivity (Wildman–Crippen MR) is 85.5 cm³/mol. The highest BCUT2D eigenvalue weighted by Crippen LogP contribution is 2.10. The van der Waals surface area contributed by atoms with Gasteiger partial charge < -0.3 is 15.6 Å². The molecule has 1 amide bonds. The minimum absolute atomic E-state index is 0.172. The van der Waals surface area contributed by atoms with Gasteiger partial charge in [-0.2, -0.15) is 0 Å². The van der Waals surface area contributed by atoms with Gasteiger partial charge in [-0.1, -0.05) is 42.5 Å². The lowest BCUT2D eigenvalue weighted by atomic mass is 9.98. The molecule has 3 N–H and O–H groups in total. The number of amides is 1. The number of nitrogens with zero attached hydrogens (tertiary/aromatic N) is 2. The summed E-state index contributed by atoms with van der Waals surface area (Å²) in [5.41, 5.74) is 6.74. The van der Waals surface area contributed by atoms with Crippen LogP contribution in [0.15, 0.2) is 42.7 Å². The van der Waals surface area contributed by atoms with E-state index in [0.717, 1.165) is 11.4 Å². The molecule has 1 heterocycles. The van der Waals surface area contributed by atoms with Crippen molar-refractivity contribution in [3.05, 3.63) is 54.1 Å². The largest absolute Gasteiger partial charge is 0.393 e. The zero-order valence-electron chi connectivity index (χ0n) is 11.8. The van der Waals surface area contributed by atoms with Crippen LogP contribution in [0, 0.1) is 5.92 Å². The van der Waals surface area contributed by atoms with Crippen LogP contribution in [0.2, 0.25) is 0 Å². The summed E-state index contributed by atoms with van der Waals surface area (Å²) in [6.45, 7) is 0.357. The van der Waals surface area contributed by atoms with Crippen LogP contribution in [0.1, 0.15) is 11.4 Å². The van der Waals surface area contributed by atoms with Gasteiger partial charge in [-0.25, -0.2) is 4.98 Å². The van der Waals surface area contributed by atoms with Crippen molar-refractivity contribution in [2.24, 2.45) is 18.7 Å². The van der Waals surface area contributed by atoms with Gasteiger partial charge in [0.1, 0.15) is 5.82 Å². The number of nitrogens with one attached hydrogen (secondary N) is 1.